The van der Waals surface area contributed by atoms with Crippen LogP contribution in [0, 0.1) is 0 Å². The van der Waals surface area contributed by atoms with Crippen molar-refractivity contribution in [1.29, 1.82) is 0 Å². The number of esters is 1. The summed E-state index contributed by atoms with van der Waals surface area (Å²) in [6.45, 7) is 4.26. The molecule has 4 nitrogen and oxygen atoms in total. The fraction of sp³-hybridized carbons (Fsp3) is 0.391. The van der Waals surface area contributed by atoms with Crippen molar-refractivity contribution in [3.05, 3.63) is 54.7 Å². The van der Waals surface area contributed by atoms with E-state index < -0.39 is 0 Å². The molecular weight excluding hydrogens is 370 g/mol. The summed E-state index contributed by atoms with van der Waals surface area (Å²) in [6.07, 6.45) is 10.1. The maximum absolute atomic E-state index is 11.4. The average Bonchev–Trinajstić information content (AvgIpc) is 3.21. The van der Waals surface area contributed by atoms with E-state index in [9.17, 15) is 4.79 Å². The molecule has 1 aromatic carbocycles. The molecule has 1 atom stereocenters. The molecule has 0 N–H and O–H groups in total. The molecule has 0 bridgehead atoms. The Morgan fingerprint density at radius 1 is 1.25 bits per heavy atom. The van der Waals surface area contributed by atoms with E-state index in [0.29, 0.717) is 6.61 Å². The van der Waals surface area contributed by atoms with Gasteiger partial charge in [-0.1, -0.05) is 18.2 Å². The van der Waals surface area contributed by atoms with Crippen molar-refractivity contribution in [3.8, 4) is 17.0 Å². The number of carbonyl (C=O) groups is 1. The largest absolute Gasteiger partial charge is 0.474 e. The molecule has 1 heterocycles. The fourth-order valence-electron chi connectivity index (χ4n) is 3.24. The third-order valence-electron chi connectivity index (χ3n) is 4.63. The normalized spacial score (nSPS) is 15.6. The number of hydrogen-bond acceptors (Lipinski definition) is 5. The minimum atomic E-state index is -0.295. The van der Waals surface area contributed by atoms with Crippen molar-refractivity contribution in [2.45, 2.75) is 55.8 Å². The van der Waals surface area contributed by atoms with Crippen LogP contribution in [0.4, 0.5) is 0 Å². The van der Waals surface area contributed by atoms with Crippen molar-refractivity contribution < 1.29 is 14.3 Å². The molecule has 1 saturated carbocycles. The number of pyridine rings is 1. The first kappa shape index (κ1) is 20.5. The lowest BCUT2D eigenvalue weighted by molar-refractivity contribution is -0.137. The Hall–Kier alpha value is -2.27. The number of nitrogens with zero attached hydrogens (tertiary/aromatic N) is 1. The highest BCUT2D eigenvalue weighted by Crippen LogP contribution is 2.33. The molecule has 0 amide bonds. The molecule has 0 radical (unpaired) electrons. The van der Waals surface area contributed by atoms with Crippen molar-refractivity contribution in [1.82, 2.24) is 4.98 Å². The van der Waals surface area contributed by atoms with Crippen LogP contribution in [0.25, 0.3) is 11.1 Å². The zero-order valence-electron chi connectivity index (χ0n) is 16.5. The summed E-state index contributed by atoms with van der Waals surface area (Å²) in [5, 5.41) is 0.176. The van der Waals surface area contributed by atoms with Gasteiger partial charge in [-0.2, -0.15) is 0 Å². The Bertz CT molecular complexity index is 798. The Kier molecular flexibility index (Phi) is 7.54. The van der Waals surface area contributed by atoms with E-state index in [1.54, 1.807) is 24.9 Å². The van der Waals surface area contributed by atoms with Gasteiger partial charge in [0.2, 0.25) is 5.88 Å². The quantitative estimate of drug-likeness (QED) is 0.326. The van der Waals surface area contributed by atoms with Crippen LogP contribution >= 0.6 is 11.8 Å². The minimum absolute atomic E-state index is 0.176. The summed E-state index contributed by atoms with van der Waals surface area (Å²) < 4.78 is 11.1. The molecular formula is C23H27NO3S. The van der Waals surface area contributed by atoms with Gasteiger partial charge in [0.1, 0.15) is 6.10 Å². The molecule has 148 valence electrons. The van der Waals surface area contributed by atoms with Crippen LogP contribution in [0.5, 0.6) is 5.88 Å². The van der Waals surface area contributed by atoms with E-state index in [1.807, 2.05) is 12.1 Å². The van der Waals surface area contributed by atoms with Gasteiger partial charge in [0.15, 0.2) is 0 Å². The predicted molar refractivity (Wildman–Crippen MR) is 114 cm³/mol. The number of thioether (sulfide) groups is 1. The van der Waals surface area contributed by atoms with Crippen LogP contribution in [-0.4, -0.2) is 28.9 Å². The SMILES string of the molecule is CCOC(=O)C=CC(C)Sc1ccc(-c2cccnc2OC2CCCC2)cc1. The van der Waals surface area contributed by atoms with Crippen molar-refractivity contribution in [2.75, 3.05) is 6.61 Å². The first-order valence-electron chi connectivity index (χ1n) is 9.89. The van der Waals surface area contributed by atoms with Gasteiger partial charge >= 0.3 is 5.97 Å². The Labute approximate surface area is 171 Å². The smallest absolute Gasteiger partial charge is 0.330 e. The first-order chi connectivity index (χ1) is 13.7. The summed E-state index contributed by atoms with van der Waals surface area (Å²) in [5.74, 6) is 0.428. The Morgan fingerprint density at radius 3 is 2.71 bits per heavy atom. The van der Waals surface area contributed by atoms with Gasteiger partial charge in [-0.3, -0.25) is 0 Å². The summed E-state index contributed by atoms with van der Waals surface area (Å²) in [5.41, 5.74) is 2.13. The number of benzene rings is 1. The second kappa shape index (κ2) is 10.3. The van der Waals surface area contributed by atoms with Crippen LogP contribution in [0.15, 0.2) is 59.6 Å². The van der Waals surface area contributed by atoms with E-state index in [4.69, 9.17) is 9.47 Å². The van der Waals surface area contributed by atoms with Gasteiger partial charge in [0.05, 0.1) is 6.61 Å². The summed E-state index contributed by atoms with van der Waals surface area (Å²) in [7, 11) is 0. The highest BCUT2D eigenvalue weighted by Gasteiger charge is 2.19. The van der Waals surface area contributed by atoms with Crippen molar-refractivity contribution in [3.63, 3.8) is 0 Å². The van der Waals surface area contributed by atoms with Gasteiger partial charge < -0.3 is 9.47 Å². The number of carbonyl (C=O) groups excluding carboxylic acids is 1. The maximum Gasteiger partial charge on any atom is 0.330 e. The van der Waals surface area contributed by atoms with Crippen molar-refractivity contribution >= 4 is 17.7 Å². The van der Waals surface area contributed by atoms with Crippen LogP contribution in [0.2, 0.25) is 0 Å². The zero-order valence-corrected chi connectivity index (χ0v) is 17.3. The van der Waals surface area contributed by atoms with Crippen LogP contribution in [0.3, 0.4) is 0 Å². The molecule has 1 unspecified atom stereocenters. The van der Waals surface area contributed by atoms with Gasteiger partial charge in [0, 0.05) is 28.0 Å². The lowest BCUT2D eigenvalue weighted by atomic mass is 10.1. The second-order valence-electron chi connectivity index (χ2n) is 6.84. The van der Waals surface area contributed by atoms with Gasteiger partial charge in [-0.15, -0.1) is 11.8 Å². The molecule has 1 aliphatic rings. The van der Waals surface area contributed by atoms with Crippen molar-refractivity contribution in [2.24, 2.45) is 0 Å². The van der Waals surface area contributed by atoms with Gasteiger partial charge in [0.25, 0.3) is 0 Å². The van der Waals surface area contributed by atoms with E-state index >= 15 is 0 Å². The third kappa shape index (κ3) is 5.86. The highest BCUT2D eigenvalue weighted by atomic mass is 32.2. The molecule has 5 heteroatoms. The molecule has 3 rings (SSSR count). The van der Waals surface area contributed by atoms with Gasteiger partial charge in [-0.25, -0.2) is 9.78 Å². The number of ether oxygens (including phenoxy) is 2. The minimum Gasteiger partial charge on any atom is -0.474 e. The lowest BCUT2D eigenvalue weighted by Crippen LogP contribution is -2.12. The number of aromatic nitrogens is 1. The predicted octanol–water partition coefficient (Wildman–Crippen LogP) is 5.67. The van der Waals surface area contributed by atoms with Crippen LogP contribution in [0.1, 0.15) is 39.5 Å². The highest BCUT2D eigenvalue weighted by molar-refractivity contribution is 8.00. The Morgan fingerprint density at radius 2 is 2.00 bits per heavy atom. The molecule has 0 saturated heterocycles. The van der Waals surface area contributed by atoms with E-state index in [2.05, 4.69) is 42.2 Å². The molecule has 1 fully saturated rings. The summed E-state index contributed by atoms with van der Waals surface area (Å²) in [6, 6.07) is 12.4. The molecule has 0 aliphatic heterocycles. The molecule has 1 aromatic heterocycles. The van der Waals surface area contributed by atoms with E-state index in [0.717, 1.165) is 34.7 Å². The topological polar surface area (TPSA) is 48.4 Å². The summed E-state index contributed by atoms with van der Waals surface area (Å²) >= 11 is 1.70. The number of hydrogen-bond donors (Lipinski definition) is 0. The Balaban J connectivity index is 1.65. The molecule has 0 spiro atoms. The van der Waals surface area contributed by atoms with E-state index in [-0.39, 0.29) is 17.3 Å². The van der Waals surface area contributed by atoms with E-state index in [1.165, 1.54) is 18.9 Å². The van der Waals surface area contributed by atoms with Gasteiger partial charge in [-0.05, 0) is 69.4 Å². The monoisotopic (exact) mass is 397 g/mol. The molecule has 28 heavy (non-hydrogen) atoms. The maximum atomic E-state index is 11.4. The first-order valence-corrected chi connectivity index (χ1v) is 10.8. The fourth-order valence-corrected chi connectivity index (χ4v) is 4.12. The second-order valence-corrected chi connectivity index (χ2v) is 8.29. The molecule has 2 aromatic rings. The van der Waals surface area contributed by atoms with Crippen LogP contribution in [-0.2, 0) is 9.53 Å². The number of rotatable bonds is 8. The molecule has 1 aliphatic carbocycles. The lowest BCUT2D eigenvalue weighted by Gasteiger charge is -2.15. The zero-order chi connectivity index (χ0) is 19.8. The average molecular weight is 398 g/mol. The summed E-state index contributed by atoms with van der Waals surface area (Å²) in [4.78, 5) is 17.0. The third-order valence-corrected chi connectivity index (χ3v) is 5.70. The van der Waals surface area contributed by atoms with Crippen LogP contribution < -0.4 is 4.74 Å². The standard InChI is InChI=1S/C23H27NO3S/c1-3-26-22(25)15-10-17(2)28-20-13-11-18(12-14-20)21-9-6-16-24-23(21)27-19-7-4-5-8-19/h6,9-17,19H,3-5,7-8H2,1-2H3.